The first kappa shape index (κ1) is 12.3. The second-order valence-corrected chi connectivity index (χ2v) is 4.78. The van der Waals surface area contributed by atoms with Gasteiger partial charge in [-0.1, -0.05) is 0 Å². The number of aromatic nitrogens is 2. The van der Waals surface area contributed by atoms with Gasteiger partial charge in [-0.05, 0) is 0 Å². The number of hydrogen-bond donors (Lipinski definition) is 2. The monoisotopic (exact) mass is 262 g/mol. The Balaban J connectivity index is 2.22. The van der Waals surface area contributed by atoms with E-state index < -0.39 is 22.4 Å². The molecule has 2 heterocycles. The summed E-state index contributed by atoms with van der Waals surface area (Å²) in [4.78, 5) is 24.2. The van der Waals surface area contributed by atoms with Crippen molar-refractivity contribution in [2.45, 2.75) is 11.5 Å². The number of aliphatic hydroxyl groups is 1. The van der Waals surface area contributed by atoms with Gasteiger partial charge in [-0.3, -0.25) is 14.3 Å². The average Bonchev–Trinajstić information content (AvgIpc) is 2.34. The molecule has 0 aliphatic carbocycles. The van der Waals surface area contributed by atoms with Crippen LogP contribution >= 0.6 is 11.8 Å². The summed E-state index contributed by atoms with van der Waals surface area (Å²) in [5.74, 6) is -0.497. The lowest BCUT2D eigenvalue weighted by atomic mass is 10.4. The van der Waals surface area contributed by atoms with Gasteiger partial charge < -0.3 is 9.84 Å². The Hall–Kier alpha value is -1.12. The molecule has 0 aromatic carbocycles. The average molecular weight is 262 g/mol. The summed E-state index contributed by atoms with van der Waals surface area (Å²) in [6.07, 6.45) is 0.612. The highest BCUT2D eigenvalue weighted by molar-refractivity contribution is 7.99. The number of aliphatic hydroxyl groups excluding tert-OH is 1. The third-order valence-corrected chi connectivity index (χ3v) is 3.70. The van der Waals surface area contributed by atoms with Gasteiger partial charge in [0.15, 0.2) is 0 Å². The molecule has 8 heteroatoms. The fraction of sp³-hybridized carbons (Fsp3) is 0.556. The summed E-state index contributed by atoms with van der Waals surface area (Å²) in [6.45, 7) is 0.0931. The summed E-state index contributed by atoms with van der Waals surface area (Å²) in [6, 6.07) is 0. The summed E-state index contributed by atoms with van der Waals surface area (Å²) >= 11 is 1.37. The maximum absolute atomic E-state index is 13.1. The lowest BCUT2D eigenvalue weighted by Crippen LogP contribution is -2.38. The van der Waals surface area contributed by atoms with Crippen molar-refractivity contribution < 1.29 is 14.2 Å². The minimum absolute atomic E-state index is 0.0887. The third-order valence-electron chi connectivity index (χ3n) is 2.39. The predicted octanol–water partition coefficient (Wildman–Crippen LogP) is -0.701. The van der Waals surface area contributed by atoms with Crippen LogP contribution in [0.15, 0.2) is 15.8 Å². The van der Waals surface area contributed by atoms with Gasteiger partial charge in [-0.15, -0.1) is 11.8 Å². The van der Waals surface area contributed by atoms with Crippen LogP contribution in [0.5, 0.6) is 0 Å². The van der Waals surface area contributed by atoms with Crippen LogP contribution in [0.2, 0.25) is 0 Å². The Morgan fingerprint density at radius 1 is 1.65 bits per heavy atom. The molecule has 1 fully saturated rings. The quantitative estimate of drug-likeness (QED) is 0.736. The highest BCUT2D eigenvalue weighted by Crippen LogP contribution is 2.27. The molecule has 0 spiro atoms. The number of thioether (sulfide) groups is 1. The van der Waals surface area contributed by atoms with Crippen molar-refractivity contribution >= 4 is 11.8 Å². The van der Waals surface area contributed by atoms with E-state index >= 15 is 0 Å². The van der Waals surface area contributed by atoms with E-state index in [9.17, 15) is 14.0 Å². The predicted molar refractivity (Wildman–Crippen MR) is 59.6 cm³/mol. The normalized spacial score (nSPS) is 24.8. The van der Waals surface area contributed by atoms with Crippen LogP contribution in [0.3, 0.4) is 0 Å². The number of nitrogens with one attached hydrogen (secondary N) is 1. The number of H-pyrrole nitrogens is 1. The number of halogens is 1. The molecule has 2 unspecified atom stereocenters. The molecule has 1 aromatic rings. The molecular weight excluding hydrogens is 251 g/mol. The van der Waals surface area contributed by atoms with Crippen molar-refractivity contribution in [2.24, 2.45) is 0 Å². The van der Waals surface area contributed by atoms with Crippen LogP contribution in [0.4, 0.5) is 4.39 Å². The highest BCUT2D eigenvalue weighted by Gasteiger charge is 2.24. The SMILES string of the molecule is O=c1[nH]c(=O)n(C2COC(CO)CS2)cc1F. The smallest absolute Gasteiger partial charge is 0.329 e. The van der Waals surface area contributed by atoms with E-state index in [1.165, 1.54) is 11.8 Å². The van der Waals surface area contributed by atoms with Gasteiger partial charge in [0.1, 0.15) is 5.37 Å². The Labute approximate surface area is 99.4 Å². The largest absolute Gasteiger partial charge is 0.394 e. The van der Waals surface area contributed by atoms with Crippen molar-refractivity contribution in [3.63, 3.8) is 0 Å². The molecular formula is C9H11FN2O4S. The summed E-state index contributed by atoms with van der Waals surface area (Å²) in [5.41, 5.74) is -1.69. The van der Waals surface area contributed by atoms with Crippen LogP contribution in [-0.2, 0) is 4.74 Å². The van der Waals surface area contributed by atoms with Crippen LogP contribution in [0.25, 0.3) is 0 Å². The minimum atomic E-state index is -1.03. The molecule has 0 bridgehead atoms. The maximum Gasteiger partial charge on any atom is 0.329 e. The Morgan fingerprint density at radius 2 is 2.41 bits per heavy atom. The first-order valence-corrected chi connectivity index (χ1v) is 6.01. The van der Waals surface area contributed by atoms with Gasteiger partial charge >= 0.3 is 5.69 Å². The van der Waals surface area contributed by atoms with Crippen LogP contribution < -0.4 is 11.2 Å². The first-order valence-electron chi connectivity index (χ1n) is 4.97. The lowest BCUT2D eigenvalue weighted by Gasteiger charge is -2.28. The first-order chi connectivity index (χ1) is 8.11. The van der Waals surface area contributed by atoms with E-state index in [2.05, 4.69) is 0 Å². The fourth-order valence-corrected chi connectivity index (χ4v) is 2.60. The van der Waals surface area contributed by atoms with Crippen molar-refractivity contribution in [2.75, 3.05) is 19.0 Å². The fourth-order valence-electron chi connectivity index (χ4n) is 1.47. The van der Waals surface area contributed by atoms with E-state index in [0.717, 1.165) is 10.8 Å². The molecule has 2 atom stereocenters. The molecule has 0 saturated carbocycles. The van der Waals surface area contributed by atoms with Gasteiger partial charge in [0, 0.05) is 5.75 Å². The lowest BCUT2D eigenvalue weighted by molar-refractivity contribution is 0.0151. The third kappa shape index (κ3) is 2.59. The van der Waals surface area contributed by atoms with Crippen molar-refractivity contribution in [1.82, 2.24) is 9.55 Å². The van der Waals surface area contributed by atoms with Gasteiger partial charge in [-0.2, -0.15) is 4.39 Å². The zero-order valence-corrected chi connectivity index (χ0v) is 9.58. The molecule has 2 N–H and O–H groups in total. The minimum Gasteiger partial charge on any atom is -0.394 e. The molecule has 0 amide bonds. The number of rotatable bonds is 2. The highest BCUT2D eigenvalue weighted by atomic mass is 32.2. The second-order valence-electron chi connectivity index (χ2n) is 3.57. The number of hydrogen-bond acceptors (Lipinski definition) is 5. The molecule has 1 aliphatic heterocycles. The molecule has 1 saturated heterocycles. The van der Waals surface area contributed by atoms with E-state index in [4.69, 9.17) is 9.84 Å². The van der Waals surface area contributed by atoms with E-state index in [1.54, 1.807) is 0 Å². The second kappa shape index (κ2) is 5.03. The summed E-state index contributed by atoms with van der Waals surface area (Å²) < 4.78 is 19.4. The Kier molecular flexibility index (Phi) is 3.65. The van der Waals surface area contributed by atoms with E-state index in [1.807, 2.05) is 4.98 Å². The van der Waals surface area contributed by atoms with Crippen LogP contribution in [0.1, 0.15) is 5.37 Å². The maximum atomic E-state index is 13.1. The summed E-state index contributed by atoms with van der Waals surface area (Å²) in [7, 11) is 0. The standard InChI is InChI=1S/C9H11FN2O4S/c10-6-1-12(9(15)11-8(6)14)7-3-16-5(2-13)4-17-7/h1,5,7,13H,2-4H2,(H,11,14,15). The molecule has 1 aromatic heterocycles. The molecule has 17 heavy (non-hydrogen) atoms. The molecule has 2 rings (SSSR count). The molecule has 6 nitrogen and oxygen atoms in total. The Bertz CT molecular complexity index is 506. The number of ether oxygens (including phenoxy) is 1. The van der Waals surface area contributed by atoms with Crippen LogP contribution in [0, 0.1) is 5.82 Å². The number of nitrogens with zero attached hydrogens (tertiary/aromatic N) is 1. The van der Waals surface area contributed by atoms with E-state index in [0.29, 0.717) is 5.75 Å². The molecule has 1 aliphatic rings. The van der Waals surface area contributed by atoms with Crippen molar-refractivity contribution in [3.8, 4) is 0 Å². The van der Waals surface area contributed by atoms with Crippen molar-refractivity contribution in [3.05, 3.63) is 32.9 Å². The van der Waals surface area contributed by atoms with E-state index in [-0.39, 0.29) is 19.3 Å². The molecule has 0 radical (unpaired) electrons. The topological polar surface area (TPSA) is 84.3 Å². The van der Waals surface area contributed by atoms with Gasteiger partial charge in [0.25, 0.3) is 5.56 Å². The number of aromatic amines is 1. The summed E-state index contributed by atoms with van der Waals surface area (Å²) in [5, 5.41) is 8.48. The molecule has 94 valence electrons. The van der Waals surface area contributed by atoms with Crippen molar-refractivity contribution in [1.29, 1.82) is 0 Å². The van der Waals surface area contributed by atoms with Crippen LogP contribution in [-0.4, -0.2) is 39.7 Å². The zero-order chi connectivity index (χ0) is 12.4. The Morgan fingerprint density at radius 3 is 3.00 bits per heavy atom. The van der Waals surface area contributed by atoms with Gasteiger partial charge in [-0.25, -0.2) is 4.79 Å². The van der Waals surface area contributed by atoms with Gasteiger partial charge in [0.05, 0.1) is 25.5 Å². The van der Waals surface area contributed by atoms with Gasteiger partial charge in [0.2, 0.25) is 5.82 Å². The zero-order valence-electron chi connectivity index (χ0n) is 8.76.